The minimum absolute atomic E-state index is 0.0319. The lowest BCUT2D eigenvalue weighted by atomic mass is 10.0. The van der Waals surface area contributed by atoms with E-state index in [1.165, 1.54) is 0 Å². The number of morpholine rings is 1. The molecule has 230 valence electrons. The topological polar surface area (TPSA) is 111 Å². The zero-order valence-electron chi connectivity index (χ0n) is 24.9. The fraction of sp³-hybridized carbons (Fsp3) is 0.394. The second kappa shape index (κ2) is 13.9. The summed E-state index contributed by atoms with van der Waals surface area (Å²) in [6.07, 6.45) is 1.84. The largest absolute Gasteiger partial charge is 0.497 e. The molecule has 1 N–H and O–H groups in total. The molecule has 3 heterocycles. The minimum atomic E-state index is -0.889. The van der Waals surface area contributed by atoms with Gasteiger partial charge in [-0.05, 0) is 60.4 Å². The molecular weight excluding hydrogens is 560 g/mol. The quantitative estimate of drug-likeness (QED) is 0.280. The van der Waals surface area contributed by atoms with Gasteiger partial charge in [-0.25, -0.2) is 4.68 Å². The van der Waals surface area contributed by atoms with Crippen LogP contribution in [0.25, 0.3) is 11.0 Å². The maximum Gasteiger partial charge on any atom is 0.247 e. The molecule has 0 bridgehead atoms. The van der Waals surface area contributed by atoms with Gasteiger partial charge in [0.2, 0.25) is 11.8 Å². The Morgan fingerprint density at radius 3 is 2.52 bits per heavy atom. The lowest BCUT2D eigenvalue weighted by molar-refractivity contribution is -0.142. The first-order valence-electron chi connectivity index (χ1n) is 15.1. The van der Waals surface area contributed by atoms with Crippen molar-refractivity contribution in [2.24, 2.45) is 0 Å². The third kappa shape index (κ3) is 6.84. The van der Waals surface area contributed by atoms with Gasteiger partial charge in [-0.2, -0.15) is 0 Å². The summed E-state index contributed by atoms with van der Waals surface area (Å²) in [6, 6.07) is 22.1. The predicted molar refractivity (Wildman–Crippen MR) is 165 cm³/mol. The number of hydrogen-bond acceptors (Lipinski definition) is 8. The normalized spacial score (nSPS) is 17.4. The van der Waals surface area contributed by atoms with E-state index in [1.54, 1.807) is 16.7 Å². The fourth-order valence-corrected chi connectivity index (χ4v) is 5.78. The maximum atomic E-state index is 14.3. The van der Waals surface area contributed by atoms with Gasteiger partial charge in [0, 0.05) is 38.5 Å². The van der Waals surface area contributed by atoms with Crippen molar-refractivity contribution in [3.05, 3.63) is 83.9 Å². The number of benzene rings is 3. The smallest absolute Gasteiger partial charge is 0.247 e. The summed E-state index contributed by atoms with van der Waals surface area (Å²) in [5.74, 6) is 0.196. The number of nitrogens with zero attached hydrogens (tertiary/aromatic N) is 5. The molecule has 2 amide bonds. The zero-order valence-corrected chi connectivity index (χ0v) is 24.9. The Morgan fingerprint density at radius 2 is 1.80 bits per heavy atom. The summed E-state index contributed by atoms with van der Waals surface area (Å²) >= 11 is 0. The van der Waals surface area contributed by atoms with E-state index in [9.17, 15) is 9.59 Å². The minimum Gasteiger partial charge on any atom is -0.497 e. The van der Waals surface area contributed by atoms with Gasteiger partial charge in [0.25, 0.3) is 0 Å². The third-order valence-corrected chi connectivity index (χ3v) is 8.21. The number of carbonyl (C=O) groups is 2. The van der Waals surface area contributed by atoms with Crippen LogP contribution in [0.5, 0.6) is 5.75 Å². The molecule has 0 radical (unpaired) electrons. The summed E-state index contributed by atoms with van der Waals surface area (Å²) in [5, 5.41) is 11.6. The van der Waals surface area contributed by atoms with Crippen molar-refractivity contribution in [3.8, 4) is 5.75 Å². The Kier molecular flexibility index (Phi) is 9.33. The summed E-state index contributed by atoms with van der Waals surface area (Å²) < 4.78 is 18.2. The van der Waals surface area contributed by atoms with Crippen LogP contribution in [-0.4, -0.2) is 84.4 Å². The van der Waals surface area contributed by atoms with Crippen molar-refractivity contribution >= 4 is 28.5 Å². The van der Waals surface area contributed by atoms with Gasteiger partial charge in [-0.1, -0.05) is 41.6 Å². The average molecular weight is 599 g/mol. The summed E-state index contributed by atoms with van der Waals surface area (Å²) in [4.78, 5) is 32.2. The second-order valence-electron chi connectivity index (χ2n) is 11.1. The molecule has 0 aliphatic carbocycles. The highest BCUT2D eigenvalue weighted by Gasteiger charge is 2.33. The van der Waals surface area contributed by atoms with Gasteiger partial charge in [-0.3, -0.25) is 9.59 Å². The number of methoxy groups -OCH3 is 1. The van der Waals surface area contributed by atoms with Crippen LogP contribution in [0.1, 0.15) is 30.0 Å². The monoisotopic (exact) mass is 598 g/mol. The van der Waals surface area contributed by atoms with Crippen LogP contribution in [0.3, 0.4) is 0 Å². The van der Waals surface area contributed by atoms with E-state index < -0.39 is 6.04 Å². The molecular formula is C33H38N6O5. The van der Waals surface area contributed by atoms with Gasteiger partial charge >= 0.3 is 0 Å². The van der Waals surface area contributed by atoms with Crippen LogP contribution in [-0.2, 0) is 32.2 Å². The highest BCUT2D eigenvalue weighted by atomic mass is 16.5. The van der Waals surface area contributed by atoms with Gasteiger partial charge in [0.15, 0.2) is 0 Å². The number of fused-ring (bicyclic) bond motifs is 1. The number of rotatable bonds is 11. The van der Waals surface area contributed by atoms with Gasteiger partial charge in [-0.15, -0.1) is 5.10 Å². The molecule has 2 atom stereocenters. The van der Waals surface area contributed by atoms with E-state index in [-0.39, 0.29) is 31.0 Å². The Labute approximate surface area is 256 Å². The number of aromatic nitrogens is 3. The molecule has 0 unspecified atom stereocenters. The van der Waals surface area contributed by atoms with Crippen LogP contribution >= 0.6 is 0 Å². The van der Waals surface area contributed by atoms with Crippen LogP contribution in [0.2, 0.25) is 0 Å². The molecule has 0 spiro atoms. The van der Waals surface area contributed by atoms with Crippen molar-refractivity contribution in [2.45, 2.75) is 38.1 Å². The highest BCUT2D eigenvalue weighted by Crippen LogP contribution is 2.28. The van der Waals surface area contributed by atoms with Crippen LogP contribution < -0.4 is 15.0 Å². The highest BCUT2D eigenvalue weighted by molar-refractivity contribution is 5.89. The van der Waals surface area contributed by atoms with E-state index >= 15 is 0 Å². The summed E-state index contributed by atoms with van der Waals surface area (Å²) in [7, 11) is 1.61. The van der Waals surface area contributed by atoms with E-state index in [2.05, 4.69) is 20.5 Å². The molecule has 11 heteroatoms. The van der Waals surface area contributed by atoms with E-state index in [0.717, 1.165) is 48.3 Å². The first kappa shape index (κ1) is 29.6. The van der Waals surface area contributed by atoms with E-state index in [4.69, 9.17) is 14.2 Å². The third-order valence-electron chi connectivity index (χ3n) is 8.21. The molecule has 44 heavy (non-hydrogen) atoms. The number of ether oxygens (including phenoxy) is 3. The molecule has 2 aliphatic rings. The Bertz CT molecular complexity index is 1550. The zero-order chi connectivity index (χ0) is 30.3. The van der Waals surface area contributed by atoms with Gasteiger partial charge < -0.3 is 29.3 Å². The van der Waals surface area contributed by atoms with Crippen LogP contribution in [0.15, 0.2) is 72.8 Å². The summed E-state index contributed by atoms with van der Waals surface area (Å²) in [5.41, 5.74) is 4.09. The fourth-order valence-electron chi connectivity index (χ4n) is 5.78. The predicted octanol–water partition coefficient (Wildman–Crippen LogP) is 3.34. The van der Waals surface area contributed by atoms with Crippen molar-refractivity contribution < 1.29 is 23.8 Å². The Hall–Kier alpha value is -4.48. The van der Waals surface area contributed by atoms with Crippen LogP contribution in [0.4, 0.5) is 5.69 Å². The van der Waals surface area contributed by atoms with Crippen molar-refractivity contribution in [2.75, 3.05) is 51.5 Å². The number of para-hydroxylation sites is 1. The molecule has 6 rings (SSSR count). The van der Waals surface area contributed by atoms with Gasteiger partial charge in [0.05, 0.1) is 31.9 Å². The molecule has 1 aromatic heterocycles. The lowest BCUT2D eigenvalue weighted by Gasteiger charge is -2.33. The number of anilines is 1. The SMILES string of the molecule is COc1ccc(CN(C(=O)Cn2nnc3ccccc32)[C@@H](C(=O)NC[C@H]2CCCO2)c2ccc(N3CCOCC3)cc2)cc1. The molecule has 4 aromatic rings. The van der Waals surface area contributed by atoms with E-state index in [1.807, 2.05) is 72.8 Å². The maximum absolute atomic E-state index is 14.3. The first-order chi connectivity index (χ1) is 21.6. The first-order valence-corrected chi connectivity index (χ1v) is 15.1. The van der Waals surface area contributed by atoms with Crippen molar-refractivity contribution in [3.63, 3.8) is 0 Å². The summed E-state index contributed by atoms with van der Waals surface area (Å²) in [6.45, 7) is 4.18. The Morgan fingerprint density at radius 1 is 1.02 bits per heavy atom. The lowest BCUT2D eigenvalue weighted by Crippen LogP contribution is -2.46. The van der Waals surface area contributed by atoms with E-state index in [0.29, 0.717) is 37.6 Å². The molecule has 2 saturated heterocycles. The second-order valence-corrected chi connectivity index (χ2v) is 11.1. The van der Waals surface area contributed by atoms with Gasteiger partial charge in [0.1, 0.15) is 23.9 Å². The molecule has 2 aliphatic heterocycles. The standard InChI is InChI=1S/C33H38N6O5/c1-42-27-14-8-24(9-15-27)22-38(31(40)23-39-30-7-3-2-6-29(30)35-36-39)32(33(41)34-21-28-5-4-18-44-28)25-10-12-26(13-11-25)37-16-19-43-20-17-37/h2-3,6-15,28,32H,4-5,16-23H2,1H3,(H,34,41)/t28-,32-/m1/s1. The van der Waals surface area contributed by atoms with Crippen molar-refractivity contribution in [1.82, 2.24) is 25.2 Å². The molecule has 0 saturated carbocycles. The number of amides is 2. The van der Waals surface area contributed by atoms with Crippen LogP contribution in [0, 0.1) is 0 Å². The molecule has 11 nitrogen and oxygen atoms in total. The number of carbonyl (C=O) groups excluding carboxylic acids is 2. The average Bonchev–Trinajstić information content (AvgIpc) is 3.75. The molecule has 2 fully saturated rings. The number of hydrogen-bond donors (Lipinski definition) is 1. The van der Waals surface area contributed by atoms with Crippen molar-refractivity contribution in [1.29, 1.82) is 0 Å². The number of nitrogens with one attached hydrogen (secondary N) is 1. The molecule has 3 aromatic carbocycles. The Balaban J connectivity index is 1.34.